The van der Waals surface area contributed by atoms with Crippen LogP contribution in [0, 0.1) is 6.92 Å². The molecule has 1 rings (SSSR count). The monoisotopic (exact) mass is 270 g/mol. The summed E-state index contributed by atoms with van der Waals surface area (Å²) in [7, 11) is 2.16. The number of nitrogens with zero attached hydrogens (tertiary/aromatic N) is 1. The van der Waals surface area contributed by atoms with Gasteiger partial charge < -0.3 is 9.73 Å². The van der Waals surface area contributed by atoms with Crippen molar-refractivity contribution in [3.05, 3.63) is 23.2 Å². The molecule has 0 radical (unpaired) electrons. The largest absolute Gasteiger partial charge is 0.463 e. The summed E-state index contributed by atoms with van der Waals surface area (Å²) in [6, 6.07) is 2.73. The molecular weight excluding hydrogens is 244 g/mol. The Morgan fingerprint density at radius 1 is 1.50 bits per heavy atom. The number of nitrogens with one attached hydrogen (secondary N) is 1. The molecule has 0 amide bonds. The van der Waals surface area contributed by atoms with E-state index in [1.54, 1.807) is 0 Å². The second-order valence-electron chi connectivity index (χ2n) is 4.82. The molecule has 1 heterocycles. The fourth-order valence-electron chi connectivity index (χ4n) is 1.85. The maximum Gasteiger partial charge on any atom is 0.120 e. The molecule has 1 atom stereocenters. The molecule has 1 aromatic rings. The molecule has 1 unspecified atom stereocenters. The number of rotatable bonds is 8. The van der Waals surface area contributed by atoms with Gasteiger partial charge in [0.2, 0.25) is 0 Å². The minimum Gasteiger partial charge on any atom is -0.463 e. The van der Waals surface area contributed by atoms with Crippen molar-refractivity contribution in [1.82, 2.24) is 10.2 Å². The molecule has 1 aromatic heterocycles. The molecule has 0 saturated carbocycles. The van der Waals surface area contributed by atoms with E-state index >= 15 is 0 Å². The first kappa shape index (κ1) is 15.6. The van der Waals surface area contributed by atoms with E-state index in [4.69, 9.17) is 4.42 Å². The zero-order valence-electron chi connectivity index (χ0n) is 12.2. The molecule has 3 nitrogen and oxygen atoms in total. The fourth-order valence-corrected chi connectivity index (χ4v) is 2.59. The Kier molecular flexibility index (Phi) is 6.82. The number of aryl methyl sites for hydroxylation is 1. The summed E-state index contributed by atoms with van der Waals surface area (Å²) in [4.78, 5) is 2.34. The van der Waals surface area contributed by atoms with Gasteiger partial charge in [-0.15, -0.1) is 0 Å². The van der Waals surface area contributed by atoms with Gasteiger partial charge in [0.15, 0.2) is 0 Å². The first-order valence-electron chi connectivity index (χ1n) is 6.56. The van der Waals surface area contributed by atoms with Crippen LogP contribution in [0.3, 0.4) is 0 Å². The van der Waals surface area contributed by atoms with E-state index in [2.05, 4.69) is 50.4 Å². The molecule has 0 spiro atoms. The quantitative estimate of drug-likeness (QED) is 0.786. The van der Waals surface area contributed by atoms with Crippen molar-refractivity contribution in [2.75, 3.05) is 25.6 Å². The topological polar surface area (TPSA) is 28.4 Å². The summed E-state index contributed by atoms with van der Waals surface area (Å²) in [5.74, 6) is 3.29. The van der Waals surface area contributed by atoms with Crippen LogP contribution >= 0.6 is 11.8 Å². The highest BCUT2D eigenvalue weighted by molar-refractivity contribution is 7.98. The Morgan fingerprint density at radius 2 is 2.22 bits per heavy atom. The minimum absolute atomic E-state index is 0.572. The second-order valence-corrected chi connectivity index (χ2v) is 5.73. The predicted molar refractivity (Wildman–Crippen MR) is 80.1 cm³/mol. The van der Waals surface area contributed by atoms with Crippen molar-refractivity contribution < 1.29 is 4.42 Å². The molecular formula is C14H26N2OS. The Bertz CT molecular complexity index is 352. The minimum atomic E-state index is 0.572. The Hall–Kier alpha value is -0.450. The predicted octanol–water partition coefficient (Wildman–Crippen LogP) is 2.88. The van der Waals surface area contributed by atoms with Crippen molar-refractivity contribution in [2.24, 2.45) is 0 Å². The van der Waals surface area contributed by atoms with Crippen molar-refractivity contribution in [2.45, 2.75) is 39.9 Å². The maximum atomic E-state index is 5.90. The van der Waals surface area contributed by atoms with E-state index in [1.807, 2.05) is 11.8 Å². The van der Waals surface area contributed by atoms with Crippen LogP contribution in [0.4, 0.5) is 0 Å². The van der Waals surface area contributed by atoms with Gasteiger partial charge in [-0.25, -0.2) is 0 Å². The van der Waals surface area contributed by atoms with E-state index in [-0.39, 0.29) is 0 Å². The standard InChI is InChI=1S/C14H26N2OS/c1-6-15-8-14-11(2)7-13(17-14)9-16(4)12(3)10-18-5/h7,12,15H,6,8-10H2,1-5H3. The van der Waals surface area contributed by atoms with Crippen LogP contribution in [0.2, 0.25) is 0 Å². The van der Waals surface area contributed by atoms with Gasteiger partial charge in [-0.1, -0.05) is 6.92 Å². The molecule has 0 aliphatic carbocycles. The Labute approximate surface area is 115 Å². The molecule has 0 aliphatic heterocycles. The SMILES string of the molecule is CCNCc1oc(CN(C)C(C)CSC)cc1C. The zero-order chi connectivity index (χ0) is 13.5. The molecule has 0 fully saturated rings. The van der Waals surface area contributed by atoms with Gasteiger partial charge in [-0.3, -0.25) is 4.90 Å². The van der Waals surface area contributed by atoms with Crippen molar-refractivity contribution in [3.8, 4) is 0 Å². The molecule has 18 heavy (non-hydrogen) atoms. The second kappa shape index (κ2) is 7.87. The lowest BCUT2D eigenvalue weighted by Gasteiger charge is -2.22. The smallest absolute Gasteiger partial charge is 0.120 e. The first-order valence-corrected chi connectivity index (χ1v) is 7.95. The summed E-state index contributed by atoms with van der Waals surface area (Å²) >= 11 is 1.89. The molecule has 0 saturated heterocycles. The lowest BCUT2D eigenvalue weighted by atomic mass is 10.2. The molecule has 0 aromatic carbocycles. The average Bonchev–Trinajstić information content (AvgIpc) is 2.67. The van der Waals surface area contributed by atoms with Crippen molar-refractivity contribution >= 4 is 11.8 Å². The molecule has 4 heteroatoms. The Balaban J connectivity index is 2.56. The molecule has 104 valence electrons. The van der Waals surface area contributed by atoms with Gasteiger partial charge in [0.25, 0.3) is 0 Å². The lowest BCUT2D eigenvalue weighted by molar-refractivity contribution is 0.244. The van der Waals surface area contributed by atoms with E-state index < -0.39 is 0 Å². The van der Waals surface area contributed by atoms with Crippen LogP contribution in [0.5, 0.6) is 0 Å². The Morgan fingerprint density at radius 3 is 2.83 bits per heavy atom. The van der Waals surface area contributed by atoms with E-state index in [0.29, 0.717) is 6.04 Å². The highest BCUT2D eigenvalue weighted by atomic mass is 32.2. The van der Waals surface area contributed by atoms with Gasteiger partial charge in [0.1, 0.15) is 11.5 Å². The third-order valence-corrected chi connectivity index (χ3v) is 3.99. The van der Waals surface area contributed by atoms with Crippen LogP contribution < -0.4 is 5.32 Å². The summed E-state index contributed by atoms with van der Waals surface area (Å²) in [6.07, 6.45) is 2.15. The van der Waals surface area contributed by atoms with Gasteiger partial charge in [-0.05, 0) is 45.3 Å². The summed E-state index contributed by atoms with van der Waals surface area (Å²) < 4.78 is 5.90. The van der Waals surface area contributed by atoms with Crippen molar-refractivity contribution in [1.29, 1.82) is 0 Å². The maximum absolute atomic E-state index is 5.90. The van der Waals surface area contributed by atoms with E-state index in [1.165, 1.54) is 5.56 Å². The average molecular weight is 270 g/mol. The zero-order valence-corrected chi connectivity index (χ0v) is 13.1. The highest BCUT2D eigenvalue weighted by Gasteiger charge is 2.13. The normalized spacial score (nSPS) is 13.2. The summed E-state index contributed by atoms with van der Waals surface area (Å²) in [6.45, 7) is 9.16. The van der Waals surface area contributed by atoms with Crippen LogP contribution in [0.25, 0.3) is 0 Å². The number of hydrogen-bond donors (Lipinski definition) is 1. The number of thioether (sulfide) groups is 1. The first-order chi connectivity index (χ1) is 8.58. The summed E-state index contributed by atoms with van der Waals surface area (Å²) in [5, 5.41) is 3.30. The lowest BCUT2D eigenvalue weighted by Crippen LogP contribution is -2.30. The number of hydrogen-bond acceptors (Lipinski definition) is 4. The molecule has 1 N–H and O–H groups in total. The fraction of sp³-hybridized carbons (Fsp3) is 0.714. The van der Waals surface area contributed by atoms with Gasteiger partial charge in [0, 0.05) is 11.8 Å². The number of furan rings is 1. The summed E-state index contributed by atoms with van der Waals surface area (Å²) in [5.41, 5.74) is 1.25. The third-order valence-electron chi connectivity index (χ3n) is 3.17. The van der Waals surface area contributed by atoms with Crippen LogP contribution in [-0.2, 0) is 13.1 Å². The van der Waals surface area contributed by atoms with Crippen LogP contribution in [0.1, 0.15) is 30.9 Å². The van der Waals surface area contributed by atoms with E-state index in [9.17, 15) is 0 Å². The molecule has 0 aliphatic rings. The van der Waals surface area contributed by atoms with Crippen LogP contribution in [0.15, 0.2) is 10.5 Å². The van der Waals surface area contributed by atoms with Crippen LogP contribution in [-0.4, -0.2) is 36.5 Å². The van der Waals surface area contributed by atoms with Gasteiger partial charge in [-0.2, -0.15) is 11.8 Å². The van der Waals surface area contributed by atoms with Gasteiger partial charge in [0.05, 0.1) is 13.1 Å². The highest BCUT2D eigenvalue weighted by Crippen LogP contribution is 2.17. The van der Waals surface area contributed by atoms with E-state index in [0.717, 1.165) is 36.9 Å². The third kappa shape index (κ3) is 4.67. The molecule has 0 bridgehead atoms. The van der Waals surface area contributed by atoms with Crippen molar-refractivity contribution in [3.63, 3.8) is 0 Å². The van der Waals surface area contributed by atoms with Gasteiger partial charge >= 0.3 is 0 Å².